The molecule has 6 nitrogen and oxygen atoms in total. The van der Waals surface area contributed by atoms with Gasteiger partial charge >= 0.3 is 23.8 Å². The Kier molecular flexibility index (Phi) is 10.4. The normalized spacial score (nSPS) is 13.8. The lowest BCUT2D eigenvalue weighted by atomic mass is 10.1. The van der Waals surface area contributed by atoms with Gasteiger partial charge in [0.15, 0.2) is 4.98 Å². The second-order valence-electron chi connectivity index (χ2n) is 5.00. The van der Waals surface area contributed by atoms with Gasteiger partial charge in [-0.15, -0.1) is 11.6 Å². The number of aliphatic hydroxyl groups excluding tert-OH is 1. The molecule has 0 saturated carbocycles. The van der Waals surface area contributed by atoms with E-state index in [1.807, 2.05) is 11.9 Å². The summed E-state index contributed by atoms with van der Waals surface area (Å²) in [4.78, 5) is 12.8. The number of ether oxygens (including phenoxy) is 2. The van der Waals surface area contributed by atoms with Crippen LogP contribution in [-0.2, 0) is 14.3 Å². The summed E-state index contributed by atoms with van der Waals surface area (Å²) in [7, 11) is 0. The number of carbonyl (C=O) groups is 1. The van der Waals surface area contributed by atoms with Crippen molar-refractivity contribution in [3.05, 3.63) is 39.9 Å². The highest BCUT2D eigenvalue weighted by Crippen LogP contribution is 2.29. The van der Waals surface area contributed by atoms with E-state index in [0.717, 1.165) is 5.57 Å². The molecule has 0 aromatic heterocycles. The number of carbonyl (C=O) groups excluding carboxylic acids is 1. The summed E-state index contributed by atoms with van der Waals surface area (Å²) in [5.74, 6) is -2.23. The minimum absolute atomic E-state index is 0.118. The number of nitrogens with zero attached hydrogens (tertiary/aromatic N) is 2. The van der Waals surface area contributed by atoms with Crippen LogP contribution in [0.3, 0.4) is 0 Å². The van der Waals surface area contributed by atoms with Crippen LogP contribution in [0.2, 0.25) is 0 Å². The Morgan fingerprint density at radius 2 is 1.88 bits per heavy atom. The summed E-state index contributed by atoms with van der Waals surface area (Å²) in [6, 6.07) is 0. The topological polar surface area (TPSA) is 83.9 Å². The lowest BCUT2D eigenvalue weighted by Crippen LogP contribution is -2.13. The van der Waals surface area contributed by atoms with Crippen molar-refractivity contribution < 1.29 is 32.5 Å². The molecule has 0 saturated heterocycles. The van der Waals surface area contributed by atoms with Crippen LogP contribution in [-0.4, -0.2) is 36.3 Å². The summed E-state index contributed by atoms with van der Waals surface area (Å²) in [5, 5.41) is 17.4. The zero-order valence-electron chi connectivity index (χ0n) is 13.8. The molecule has 0 aromatic rings. The maximum atomic E-state index is 12.4. The predicted octanol–water partition coefficient (Wildman–Crippen LogP) is 4.60. The van der Waals surface area contributed by atoms with Crippen LogP contribution >= 0.6 is 11.6 Å². The molecule has 0 rings (SSSR count). The Morgan fingerprint density at radius 3 is 2.40 bits per heavy atom. The van der Waals surface area contributed by atoms with Gasteiger partial charge in [-0.1, -0.05) is 11.6 Å². The van der Waals surface area contributed by atoms with Crippen LogP contribution in [0.15, 0.2) is 34.9 Å². The number of hydrogen-bond acceptors (Lipinski definition) is 5. The molecule has 25 heavy (non-hydrogen) atoms. The van der Waals surface area contributed by atoms with E-state index in [-0.39, 0.29) is 19.1 Å². The van der Waals surface area contributed by atoms with Crippen molar-refractivity contribution in [3.63, 3.8) is 0 Å². The van der Waals surface area contributed by atoms with Crippen LogP contribution in [0.25, 0.3) is 4.98 Å². The Labute approximate surface area is 148 Å². The molecule has 0 amide bonds. The third-order valence-corrected chi connectivity index (χ3v) is 3.04. The second-order valence-corrected chi connectivity index (χ2v) is 5.26. The molecular formula is C15H19ClF3N2O4+. The number of halogens is 4. The lowest BCUT2D eigenvalue weighted by molar-refractivity contribution is -0.139. The van der Waals surface area contributed by atoms with Gasteiger partial charge in [-0.3, -0.25) is 4.79 Å². The quantitative estimate of drug-likeness (QED) is 0.207. The monoisotopic (exact) mass is 383 g/mol. The van der Waals surface area contributed by atoms with Crippen molar-refractivity contribution in [1.29, 1.82) is 5.39 Å². The largest absolute Gasteiger partial charge is 0.543 e. The molecule has 0 unspecified atom stereocenters. The van der Waals surface area contributed by atoms with Crippen molar-refractivity contribution >= 4 is 17.6 Å². The van der Waals surface area contributed by atoms with Crippen molar-refractivity contribution in [2.24, 2.45) is 0 Å². The summed E-state index contributed by atoms with van der Waals surface area (Å²) in [6.07, 6.45) is -0.375. The summed E-state index contributed by atoms with van der Waals surface area (Å²) < 4.78 is 46.4. The Bertz CT molecular complexity index is 593. The maximum absolute atomic E-state index is 12.4. The molecule has 0 spiro atoms. The number of allylic oxidation sites excluding steroid dienone is 3. The molecule has 10 heteroatoms. The van der Waals surface area contributed by atoms with Crippen LogP contribution in [0.1, 0.15) is 26.7 Å². The second kappa shape index (κ2) is 11.4. The molecule has 0 aliphatic heterocycles. The van der Waals surface area contributed by atoms with Gasteiger partial charge in [0.1, 0.15) is 19.1 Å². The Balaban J connectivity index is 4.39. The fourth-order valence-electron chi connectivity index (χ4n) is 1.49. The van der Waals surface area contributed by atoms with E-state index in [1.165, 1.54) is 0 Å². The minimum Gasteiger partial charge on any atom is -0.475 e. The van der Waals surface area contributed by atoms with Gasteiger partial charge in [0.25, 0.3) is 0 Å². The number of alkyl halides is 4. The Hall–Kier alpha value is -2.21. The van der Waals surface area contributed by atoms with E-state index in [1.54, 1.807) is 19.1 Å². The molecule has 1 N–H and O–H groups in total. The van der Waals surface area contributed by atoms with E-state index >= 15 is 0 Å². The summed E-state index contributed by atoms with van der Waals surface area (Å²) in [5.41, 5.74) is -0.369. The van der Waals surface area contributed by atoms with Gasteiger partial charge in [-0.05, 0) is 38.3 Å². The standard InChI is InChI=1S/C15H18ClF3N2O4/c1-10(6-7-24-12(22)8-16)4-3-5-11(2)9-25-14(23)13(21-20)15(17,18)19/h5-6H,3-4,7-9H2,1-2H3/p+1/b10-6+,11-5+,14-13-. The maximum Gasteiger partial charge on any atom is 0.543 e. The highest BCUT2D eigenvalue weighted by molar-refractivity contribution is 6.26. The molecule has 140 valence electrons. The van der Waals surface area contributed by atoms with Crippen LogP contribution in [0.5, 0.6) is 0 Å². The first-order valence-electron chi connectivity index (χ1n) is 7.13. The van der Waals surface area contributed by atoms with Gasteiger partial charge in [-0.25, -0.2) is 0 Å². The van der Waals surface area contributed by atoms with Crippen LogP contribution < -0.4 is 0 Å². The molecule has 0 bridgehead atoms. The number of esters is 1. The van der Waals surface area contributed by atoms with Crippen molar-refractivity contribution in [2.75, 3.05) is 19.1 Å². The van der Waals surface area contributed by atoms with E-state index in [2.05, 4.69) is 4.74 Å². The number of rotatable bonds is 9. The number of diazo groups is 1. The molecule has 0 aliphatic carbocycles. The Morgan fingerprint density at radius 1 is 1.24 bits per heavy atom. The fourth-order valence-corrected chi connectivity index (χ4v) is 1.57. The van der Waals surface area contributed by atoms with Crippen molar-refractivity contribution in [1.82, 2.24) is 0 Å². The SMILES string of the molecule is C/C(=C\COC(=O)CCl)CC/C=C(\C)CO/C(O)=C(\[N+]#N)C(F)(F)F. The van der Waals surface area contributed by atoms with Crippen molar-refractivity contribution in [2.45, 2.75) is 32.9 Å². The molecule has 0 heterocycles. The first-order chi connectivity index (χ1) is 11.6. The van der Waals surface area contributed by atoms with Crippen molar-refractivity contribution in [3.8, 4) is 0 Å². The zero-order chi connectivity index (χ0) is 19.5. The zero-order valence-corrected chi connectivity index (χ0v) is 14.5. The molecule has 0 atom stereocenters. The minimum atomic E-state index is -5.02. The van der Waals surface area contributed by atoms with E-state index in [4.69, 9.17) is 26.8 Å². The first kappa shape index (κ1) is 22.8. The number of hydrogen-bond donors (Lipinski definition) is 1. The summed E-state index contributed by atoms with van der Waals surface area (Å²) in [6.45, 7) is 3.27. The first-order valence-corrected chi connectivity index (χ1v) is 7.66. The molecule has 0 radical (unpaired) electrons. The van der Waals surface area contributed by atoms with Gasteiger partial charge < -0.3 is 14.6 Å². The lowest BCUT2D eigenvalue weighted by Gasteiger charge is -2.05. The van der Waals surface area contributed by atoms with Gasteiger partial charge in [0.2, 0.25) is 5.39 Å². The van der Waals surface area contributed by atoms with Gasteiger partial charge in [0, 0.05) is 0 Å². The average Bonchev–Trinajstić information content (AvgIpc) is 2.52. The van der Waals surface area contributed by atoms with E-state index in [9.17, 15) is 18.0 Å². The van der Waals surface area contributed by atoms with Crippen LogP contribution in [0, 0.1) is 5.39 Å². The van der Waals surface area contributed by atoms with Crippen LogP contribution in [0.4, 0.5) is 13.2 Å². The molecule has 0 aliphatic rings. The highest BCUT2D eigenvalue weighted by atomic mass is 35.5. The van der Waals surface area contributed by atoms with E-state index in [0.29, 0.717) is 18.4 Å². The fraction of sp³-hybridized carbons (Fsp3) is 0.533. The highest BCUT2D eigenvalue weighted by Gasteiger charge is 2.51. The third-order valence-electron chi connectivity index (χ3n) is 2.82. The smallest absolute Gasteiger partial charge is 0.475 e. The van der Waals surface area contributed by atoms with Gasteiger partial charge in [0.05, 0.1) is 0 Å². The number of aliphatic hydroxyl groups is 1. The summed E-state index contributed by atoms with van der Waals surface area (Å²) >= 11 is 5.27. The third kappa shape index (κ3) is 10.3. The average molecular weight is 384 g/mol. The molecule has 0 fully saturated rings. The van der Waals surface area contributed by atoms with Gasteiger partial charge in [-0.2, -0.15) is 13.2 Å². The molecular weight excluding hydrogens is 365 g/mol. The van der Waals surface area contributed by atoms with E-state index < -0.39 is 23.8 Å². The molecule has 0 aromatic carbocycles. The predicted molar refractivity (Wildman–Crippen MR) is 85.2 cm³/mol.